The van der Waals surface area contributed by atoms with Crippen molar-refractivity contribution >= 4 is 11.3 Å². The molecule has 1 fully saturated rings. The molecule has 3 heteroatoms. The molecule has 0 amide bonds. The second-order valence-corrected chi connectivity index (χ2v) is 5.54. The summed E-state index contributed by atoms with van der Waals surface area (Å²) in [5, 5.41) is 5.67. The van der Waals surface area contributed by atoms with Gasteiger partial charge in [0, 0.05) is 24.5 Å². The zero-order chi connectivity index (χ0) is 11.1. The third-order valence-electron chi connectivity index (χ3n) is 3.18. The molecule has 90 valence electrons. The molecule has 1 aliphatic heterocycles. The van der Waals surface area contributed by atoms with Crippen LogP contribution in [0.25, 0.3) is 0 Å². The minimum atomic E-state index is 1.03. The van der Waals surface area contributed by atoms with Gasteiger partial charge in [0.05, 0.1) is 0 Å². The summed E-state index contributed by atoms with van der Waals surface area (Å²) >= 11 is 1.84. The summed E-state index contributed by atoms with van der Waals surface area (Å²) in [5.41, 5.74) is 0. The highest BCUT2D eigenvalue weighted by atomic mass is 32.1. The van der Waals surface area contributed by atoms with Gasteiger partial charge in [-0.05, 0) is 37.4 Å². The molecule has 0 radical (unpaired) electrons. The molecule has 0 bridgehead atoms. The van der Waals surface area contributed by atoms with Crippen LogP contribution in [-0.2, 0) is 6.54 Å². The molecule has 0 spiro atoms. The van der Waals surface area contributed by atoms with Crippen molar-refractivity contribution in [3.05, 3.63) is 22.4 Å². The van der Waals surface area contributed by atoms with E-state index < -0.39 is 0 Å². The van der Waals surface area contributed by atoms with Crippen LogP contribution in [0.2, 0.25) is 0 Å². The summed E-state index contributed by atoms with van der Waals surface area (Å²) in [6.07, 6.45) is 5.65. The van der Waals surface area contributed by atoms with Crippen LogP contribution < -0.4 is 5.32 Å². The molecule has 2 rings (SSSR count). The largest absolute Gasteiger partial charge is 0.311 e. The van der Waals surface area contributed by atoms with Gasteiger partial charge in [-0.1, -0.05) is 18.9 Å². The molecular formula is C13H22N2S. The van der Waals surface area contributed by atoms with Crippen LogP contribution in [0.15, 0.2) is 17.5 Å². The maximum absolute atomic E-state index is 3.52. The molecule has 1 saturated heterocycles. The Kier molecular flexibility index (Phi) is 5.32. The van der Waals surface area contributed by atoms with Crippen LogP contribution in [0.3, 0.4) is 0 Å². The number of hydrogen-bond acceptors (Lipinski definition) is 3. The van der Waals surface area contributed by atoms with E-state index in [-0.39, 0.29) is 0 Å². The lowest BCUT2D eigenvalue weighted by Crippen LogP contribution is -2.32. The highest BCUT2D eigenvalue weighted by Crippen LogP contribution is 2.09. The maximum Gasteiger partial charge on any atom is 0.0300 e. The number of rotatable bonds is 5. The van der Waals surface area contributed by atoms with Gasteiger partial charge in [0.2, 0.25) is 0 Å². The normalized spacial score (nSPS) is 18.5. The molecule has 1 N–H and O–H groups in total. The standard InChI is InChI=1S/C13H22N2S/c1-2-4-9-15(8-3-1)10-7-14-12-13-6-5-11-16-13/h5-6,11,14H,1-4,7-10,12H2. The third kappa shape index (κ3) is 4.24. The number of thiophene rings is 1. The van der Waals surface area contributed by atoms with E-state index in [1.54, 1.807) is 0 Å². The van der Waals surface area contributed by atoms with E-state index in [0.717, 1.165) is 13.1 Å². The van der Waals surface area contributed by atoms with Crippen molar-refractivity contribution in [1.82, 2.24) is 10.2 Å². The molecule has 16 heavy (non-hydrogen) atoms. The average molecular weight is 238 g/mol. The number of nitrogens with one attached hydrogen (secondary N) is 1. The summed E-state index contributed by atoms with van der Waals surface area (Å²) in [7, 11) is 0. The first-order chi connectivity index (χ1) is 7.95. The molecule has 0 saturated carbocycles. The minimum absolute atomic E-state index is 1.03. The van der Waals surface area contributed by atoms with Crippen molar-refractivity contribution < 1.29 is 0 Å². The molecule has 2 nitrogen and oxygen atoms in total. The van der Waals surface area contributed by atoms with Crippen molar-refractivity contribution in [2.75, 3.05) is 26.2 Å². The zero-order valence-corrected chi connectivity index (χ0v) is 10.8. The Morgan fingerprint density at radius 3 is 2.69 bits per heavy atom. The minimum Gasteiger partial charge on any atom is -0.311 e. The quantitative estimate of drug-likeness (QED) is 0.794. The van der Waals surface area contributed by atoms with Crippen LogP contribution in [0.1, 0.15) is 30.6 Å². The van der Waals surface area contributed by atoms with Crippen LogP contribution in [-0.4, -0.2) is 31.1 Å². The molecule has 1 aliphatic rings. The lowest BCUT2D eigenvalue weighted by Gasteiger charge is -2.19. The predicted octanol–water partition coefficient (Wildman–Crippen LogP) is 2.71. The second kappa shape index (κ2) is 7.05. The van der Waals surface area contributed by atoms with Gasteiger partial charge in [0.25, 0.3) is 0 Å². The molecule has 0 aliphatic carbocycles. The Hall–Kier alpha value is -0.380. The molecule has 0 atom stereocenters. The Labute approximate surface area is 103 Å². The summed E-state index contributed by atoms with van der Waals surface area (Å²) in [6, 6.07) is 4.32. The van der Waals surface area contributed by atoms with Gasteiger partial charge in [-0.25, -0.2) is 0 Å². The topological polar surface area (TPSA) is 15.3 Å². The fourth-order valence-corrected chi connectivity index (χ4v) is 2.90. The van der Waals surface area contributed by atoms with E-state index in [0.29, 0.717) is 0 Å². The van der Waals surface area contributed by atoms with E-state index in [2.05, 4.69) is 27.7 Å². The SMILES string of the molecule is c1csc(CNCCN2CCCCCC2)c1. The van der Waals surface area contributed by atoms with Crippen LogP contribution in [0.5, 0.6) is 0 Å². The molecular weight excluding hydrogens is 216 g/mol. The average Bonchev–Trinajstić information content (AvgIpc) is 2.68. The van der Waals surface area contributed by atoms with Gasteiger partial charge in [-0.2, -0.15) is 0 Å². The lowest BCUT2D eigenvalue weighted by molar-refractivity contribution is 0.284. The maximum atomic E-state index is 3.52. The van der Waals surface area contributed by atoms with E-state index in [1.165, 1.54) is 50.2 Å². The van der Waals surface area contributed by atoms with Crippen molar-refractivity contribution in [3.8, 4) is 0 Å². The van der Waals surface area contributed by atoms with Gasteiger partial charge in [0.15, 0.2) is 0 Å². The van der Waals surface area contributed by atoms with Gasteiger partial charge in [0.1, 0.15) is 0 Å². The van der Waals surface area contributed by atoms with Crippen LogP contribution >= 0.6 is 11.3 Å². The molecule has 2 heterocycles. The monoisotopic (exact) mass is 238 g/mol. The van der Waals surface area contributed by atoms with Gasteiger partial charge in [-0.15, -0.1) is 11.3 Å². The summed E-state index contributed by atoms with van der Waals surface area (Å²) < 4.78 is 0. The molecule has 1 aromatic rings. The van der Waals surface area contributed by atoms with Gasteiger partial charge in [-0.3, -0.25) is 0 Å². The third-order valence-corrected chi connectivity index (χ3v) is 4.06. The Morgan fingerprint density at radius 2 is 2.00 bits per heavy atom. The fraction of sp³-hybridized carbons (Fsp3) is 0.692. The lowest BCUT2D eigenvalue weighted by atomic mass is 10.2. The van der Waals surface area contributed by atoms with Crippen molar-refractivity contribution in [3.63, 3.8) is 0 Å². The van der Waals surface area contributed by atoms with E-state index >= 15 is 0 Å². The first-order valence-electron chi connectivity index (χ1n) is 6.40. The van der Waals surface area contributed by atoms with Gasteiger partial charge >= 0.3 is 0 Å². The van der Waals surface area contributed by atoms with Crippen molar-refractivity contribution in [2.45, 2.75) is 32.2 Å². The van der Waals surface area contributed by atoms with Gasteiger partial charge < -0.3 is 10.2 Å². The van der Waals surface area contributed by atoms with Crippen LogP contribution in [0.4, 0.5) is 0 Å². The molecule has 0 aromatic carbocycles. The summed E-state index contributed by atoms with van der Waals surface area (Å²) in [4.78, 5) is 4.05. The second-order valence-electron chi connectivity index (χ2n) is 4.51. The van der Waals surface area contributed by atoms with Crippen molar-refractivity contribution in [2.24, 2.45) is 0 Å². The molecule has 1 aromatic heterocycles. The molecule has 0 unspecified atom stereocenters. The zero-order valence-electron chi connectivity index (χ0n) is 9.95. The first kappa shape index (κ1) is 12.1. The van der Waals surface area contributed by atoms with E-state index in [1.807, 2.05) is 11.3 Å². The Balaban J connectivity index is 1.56. The highest BCUT2D eigenvalue weighted by Gasteiger charge is 2.07. The highest BCUT2D eigenvalue weighted by molar-refractivity contribution is 7.09. The number of nitrogens with zero attached hydrogens (tertiary/aromatic N) is 1. The van der Waals surface area contributed by atoms with E-state index in [4.69, 9.17) is 0 Å². The van der Waals surface area contributed by atoms with Crippen LogP contribution in [0, 0.1) is 0 Å². The summed E-state index contributed by atoms with van der Waals surface area (Å²) in [5.74, 6) is 0. The first-order valence-corrected chi connectivity index (χ1v) is 7.28. The predicted molar refractivity (Wildman–Crippen MR) is 70.9 cm³/mol. The van der Waals surface area contributed by atoms with Crippen molar-refractivity contribution in [1.29, 1.82) is 0 Å². The number of hydrogen-bond donors (Lipinski definition) is 1. The Morgan fingerprint density at radius 1 is 1.19 bits per heavy atom. The smallest absolute Gasteiger partial charge is 0.0300 e. The number of likely N-dealkylation sites (tertiary alicyclic amines) is 1. The fourth-order valence-electron chi connectivity index (χ4n) is 2.22. The Bertz CT molecular complexity index is 263. The van der Waals surface area contributed by atoms with E-state index in [9.17, 15) is 0 Å². The summed E-state index contributed by atoms with van der Waals surface area (Å²) in [6.45, 7) is 5.98.